The summed E-state index contributed by atoms with van der Waals surface area (Å²) in [7, 11) is 0. The maximum Gasteiger partial charge on any atom is 0.257 e. The summed E-state index contributed by atoms with van der Waals surface area (Å²) >= 11 is 0. The molecule has 1 heterocycles. The molecule has 1 amide bonds. The highest BCUT2D eigenvalue weighted by atomic mass is 16.1. The van der Waals surface area contributed by atoms with Crippen LogP contribution in [0, 0.1) is 11.3 Å². The number of pyridine rings is 1. The molecule has 0 saturated heterocycles. The first kappa shape index (κ1) is 14.5. The molecule has 1 aromatic carbocycles. The monoisotopic (exact) mass is 280 g/mol. The van der Waals surface area contributed by atoms with Gasteiger partial charge < -0.3 is 10.6 Å². The number of rotatable bonds is 5. The Bertz CT molecular complexity index is 676. The van der Waals surface area contributed by atoms with Gasteiger partial charge in [-0.3, -0.25) is 9.78 Å². The van der Waals surface area contributed by atoms with Crippen LogP contribution in [0.4, 0.5) is 11.4 Å². The molecule has 1 aromatic heterocycles. The number of hydrogen-bond acceptors (Lipinski definition) is 4. The third kappa shape index (κ3) is 4.05. The predicted octanol–water partition coefficient (Wildman–Crippen LogP) is 3.03. The minimum absolute atomic E-state index is 0.252. The highest BCUT2D eigenvalue weighted by Crippen LogP contribution is 2.13. The zero-order valence-corrected chi connectivity index (χ0v) is 11.8. The van der Waals surface area contributed by atoms with Gasteiger partial charge in [-0.2, -0.15) is 5.26 Å². The summed E-state index contributed by atoms with van der Waals surface area (Å²) in [5.41, 5.74) is 2.38. The first-order valence-electron chi connectivity index (χ1n) is 6.73. The third-order valence-electron chi connectivity index (χ3n) is 2.83. The third-order valence-corrected chi connectivity index (χ3v) is 2.83. The zero-order chi connectivity index (χ0) is 15.1. The second kappa shape index (κ2) is 7.06. The highest BCUT2D eigenvalue weighted by molar-refractivity contribution is 6.04. The fourth-order valence-electron chi connectivity index (χ4n) is 1.80. The number of anilines is 2. The van der Waals surface area contributed by atoms with E-state index in [1.165, 1.54) is 6.20 Å². The molecular weight excluding hydrogens is 264 g/mol. The maximum absolute atomic E-state index is 12.2. The molecule has 0 fully saturated rings. The standard InChI is InChI=1S/C16H16N4O/c1-2-6-19-15-8-13(10-18-11-15)16(21)20-14-5-3-4-12(7-14)9-17/h3-5,7-8,10-11,19H,2,6H2,1H3,(H,20,21). The molecular formula is C16H16N4O. The van der Waals surface area contributed by atoms with E-state index in [1.54, 1.807) is 36.5 Å². The molecule has 0 unspecified atom stereocenters. The Morgan fingerprint density at radius 3 is 2.90 bits per heavy atom. The number of nitrogens with one attached hydrogen (secondary N) is 2. The summed E-state index contributed by atoms with van der Waals surface area (Å²) in [5.74, 6) is -0.252. The average molecular weight is 280 g/mol. The van der Waals surface area contributed by atoms with Crippen LogP contribution in [-0.2, 0) is 0 Å². The molecule has 2 aromatic rings. The minimum atomic E-state index is -0.252. The molecule has 0 spiro atoms. The summed E-state index contributed by atoms with van der Waals surface area (Å²) in [5, 5.41) is 14.8. The van der Waals surface area contributed by atoms with Crippen LogP contribution < -0.4 is 10.6 Å². The van der Waals surface area contributed by atoms with Crippen molar-refractivity contribution >= 4 is 17.3 Å². The molecule has 2 N–H and O–H groups in total. The molecule has 106 valence electrons. The number of amides is 1. The van der Waals surface area contributed by atoms with Crippen molar-refractivity contribution in [3.05, 3.63) is 53.9 Å². The van der Waals surface area contributed by atoms with E-state index in [2.05, 4.69) is 22.5 Å². The van der Waals surface area contributed by atoms with Gasteiger partial charge in [0.05, 0.1) is 22.9 Å². The lowest BCUT2D eigenvalue weighted by atomic mass is 10.2. The van der Waals surface area contributed by atoms with E-state index in [1.807, 2.05) is 6.07 Å². The van der Waals surface area contributed by atoms with Gasteiger partial charge in [0, 0.05) is 24.6 Å². The van der Waals surface area contributed by atoms with Crippen molar-refractivity contribution in [2.24, 2.45) is 0 Å². The molecule has 2 rings (SSSR count). The number of carbonyl (C=O) groups is 1. The van der Waals surface area contributed by atoms with Crippen molar-refractivity contribution in [1.82, 2.24) is 4.98 Å². The summed E-state index contributed by atoms with van der Waals surface area (Å²) in [6.07, 6.45) is 4.20. The van der Waals surface area contributed by atoms with Crippen LogP contribution in [0.5, 0.6) is 0 Å². The zero-order valence-electron chi connectivity index (χ0n) is 11.8. The summed E-state index contributed by atoms with van der Waals surface area (Å²) in [4.78, 5) is 16.2. The number of aromatic nitrogens is 1. The van der Waals surface area contributed by atoms with E-state index in [9.17, 15) is 4.79 Å². The van der Waals surface area contributed by atoms with Crippen molar-refractivity contribution in [2.75, 3.05) is 17.2 Å². The van der Waals surface area contributed by atoms with Crippen LogP contribution in [0.1, 0.15) is 29.3 Å². The Balaban J connectivity index is 2.11. The van der Waals surface area contributed by atoms with Gasteiger partial charge in [-0.25, -0.2) is 0 Å². The smallest absolute Gasteiger partial charge is 0.257 e. The SMILES string of the molecule is CCCNc1cncc(C(=O)Nc2cccc(C#N)c2)c1. The van der Waals surface area contributed by atoms with Gasteiger partial charge in [0.1, 0.15) is 0 Å². The molecule has 0 atom stereocenters. The number of nitrogens with zero attached hydrogens (tertiary/aromatic N) is 2. The number of hydrogen-bond donors (Lipinski definition) is 2. The molecule has 0 aliphatic carbocycles. The van der Waals surface area contributed by atoms with Gasteiger partial charge in [-0.15, -0.1) is 0 Å². The van der Waals surface area contributed by atoms with Gasteiger partial charge >= 0.3 is 0 Å². The van der Waals surface area contributed by atoms with E-state index in [0.29, 0.717) is 16.8 Å². The fraction of sp³-hybridized carbons (Fsp3) is 0.188. The van der Waals surface area contributed by atoms with Crippen molar-refractivity contribution in [3.8, 4) is 6.07 Å². The second-order valence-corrected chi connectivity index (χ2v) is 4.54. The van der Waals surface area contributed by atoms with Gasteiger partial charge in [0.15, 0.2) is 0 Å². The van der Waals surface area contributed by atoms with Gasteiger partial charge in [-0.05, 0) is 30.7 Å². The van der Waals surface area contributed by atoms with Crippen molar-refractivity contribution in [2.45, 2.75) is 13.3 Å². The molecule has 21 heavy (non-hydrogen) atoms. The lowest BCUT2D eigenvalue weighted by Gasteiger charge is -2.08. The number of carbonyl (C=O) groups excluding carboxylic acids is 1. The largest absolute Gasteiger partial charge is 0.384 e. The normalized spacial score (nSPS) is 9.71. The summed E-state index contributed by atoms with van der Waals surface area (Å²) in [6, 6.07) is 10.6. The quantitative estimate of drug-likeness (QED) is 0.882. The Morgan fingerprint density at radius 1 is 1.29 bits per heavy atom. The Hall–Kier alpha value is -2.87. The Morgan fingerprint density at radius 2 is 2.14 bits per heavy atom. The van der Waals surface area contributed by atoms with Crippen molar-refractivity contribution < 1.29 is 4.79 Å². The molecule has 0 bridgehead atoms. The van der Waals surface area contributed by atoms with Crippen LogP contribution in [0.15, 0.2) is 42.7 Å². The van der Waals surface area contributed by atoms with Gasteiger partial charge in [-0.1, -0.05) is 13.0 Å². The van der Waals surface area contributed by atoms with Gasteiger partial charge in [0.2, 0.25) is 0 Å². The van der Waals surface area contributed by atoms with Gasteiger partial charge in [0.25, 0.3) is 5.91 Å². The lowest BCUT2D eigenvalue weighted by Crippen LogP contribution is -2.13. The maximum atomic E-state index is 12.2. The molecule has 0 aliphatic heterocycles. The van der Waals surface area contributed by atoms with E-state index in [4.69, 9.17) is 5.26 Å². The Labute approximate surface area is 123 Å². The predicted molar refractivity (Wildman–Crippen MR) is 82.1 cm³/mol. The highest BCUT2D eigenvalue weighted by Gasteiger charge is 2.07. The van der Waals surface area contributed by atoms with Crippen LogP contribution in [0.25, 0.3) is 0 Å². The van der Waals surface area contributed by atoms with Crippen LogP contribution in [0.3, 0.4) is 0 Å². The van der Waals surface area contributed by atoms with E-state index >= 15 is 0 Å². The number of nitriles is 1. The van der Waals surface area contributed by atoms with Crippen molar-refractivity contribution in [3.63, 3.8) is 0 Å². The van der Waals surface area contributed by atoms with E-state index < -0.39 is 0 Å². The molecule has 0 saturated carbocycles. The Kier molecular flexibility index (Phi) is 4.89. The lowest BCUT2D eigenvalue weighted by molar-refractivity contribution is 0.102. The molecule has 0 aliphatic rings. The first-order valence-corrected chi connectivity index (χ1v) is 6.73. The minimum Gasteiger partial charge on any atom is -0.384 e. The van der Waals surface area contributed by atoms with Crippen LogP contribution in [0.2, 0.25) is 0 Å². The van der Waals surface area contributed by atoms with Crippen molar-refractivity contribution in [1.29, 1.82) is 5.26 Å². The van der Waals surface area contributed by atoms with E-state index in [-0.39, 0.29) is 5.91 Å². The second-order valence-electron chi connectivity index (χ2n) is 4.54. The average Bonchev–Trinajstić information content (AvgIpc) is 2.53. The summed E-state index contributed by atoms with van der Waals surface area (Å²) in [6.45, 7) is 2.90. The molecule has 5 nitrogen and oxygen atoms in total. The molecule has 5 heteroatoms. The van der Waals surface area contributed by atoms with Crippen LogP contribution >= 0.6 is 0 Å². The molecule has 0 radical (unpaired) electrons. The van der Waals surface area contributed by atoms with Crippen LogP contribution in [-0.4, -0.2) is 17.4 Å². The topological polar surface area (TPSA) is 77.8 Å². The first-order chi connectivity index (χ1) is 10.2. The fourth-order valence-corrected chi connectivity index (χ4v) is 1.80. The summed E-state index contributed by atoms with van der Waals surface area (Å²) < 4.78 is 0. The number of benzene rings is 1. The van der Waals surface area contributed by atoms with E-state index in [0.717, 1.165) is 18.7 Å².